The third-order valence-corrected chi connectivity index (χ3v) is 3.77. The number of pyridine rings is 1. The van der Waals surface area contributed by atoms with E-state index in [4.69, 9.17) is 11.6 Å². The van der Waals surface area contributed by atoms with Gasteiger partial charge in [0.2, 0.25) is 0 Å². The maximum Gasteiger partial charge on any atom is 0.0606 e. The van der Waals surface area contributed by atoms with Crippen molar-refractivity contribution in [1.29, 1.82) is 0 Å². The number of benzene rings is 1. The van der Waals surface area contributed by atoms with Crippen molar-refractivity contribution in [1.82, 2.24) is 10.3 Å². The van der Waals surface area contributed by atoms with Crippen molar-refractivity contribution in [3.63, 3.8) is 0 Å². The van der Waals surface area contributed by atoms with E-state index in [1.807, 2.05) is 37.4 Å². The first-order valence-electron chi connectivity index (χ1n) is 6.22. The number of nitrogens with one attached hydrogen (secondary N) is 1. The van der Waals surface area contributed by atoms with Gasteiger partial charge in [-0.1, -0.05) is 46.6 Å². The molecule has 100 valence electrons. The number of aryl methyl sites for hydroxylation is 1. The minimum atomic E-state index is 0.0682. The van der Waals surface area contributed by atoms with Crippen LogP contribution >= 0.6 is 27.5 Å². The molecule has 2 rings (SSSR count). The Hall–Kier alpha value is -0.900. The van der Waals surface area contributed by atoms with E-state index in [9.17, 15) is 0 Å². The Labute approximate surface area is 127 Å². The average molecular weight is 340 g/mol. The van der Waals surface area contributed by atoms with Gasteiger partial charge in [-0.15, -0.1) is 0 Å². The Balaban J connectivity index is 2.41. The van der Waals surface area contributed by atoms with E-state index >= 15 is 0 Å². The molecule has 1 aromatic carbocycles. The van der Waals surface area contributed by atoms with Crippen LogP contribution in [0.3, 0.4) is 0 Å². The summed E-state index contributed by atoms with van der Waals surface area (Å²) in [6.07, 6.45) is 1.90. The molecule has 0 aliphatic carbocycles. The lowest BCUT2D eigenvalue weighted by Gasteiger charge is -2.20. The first-order chi connectivity index (χ1) is 9.11. The molecule has 0 aliphatic rings. The first-order valence-corrected chi connectivity index (χ1v) is 7.39. The molecule has 0 spiro atoms. The molecule has 2 nitrogen and oxygen atoms in total. The minimum Gasteiger partial charge on any atom is -0.306 e. The summed E-state index contributed by atoms with van der Waals surface area (Å²) in [7, 11) is 0. The summed E-state index contributed by atoms with van der Waals surface area (Å²) in [5.41, 5.74) is 3.20. The van der Waals surface area contributed by atoms with Crippen molar-refractivity contribution >= 4 is 27.5 Å². The summed E-state index contributed by atoms with van der Waals surface area (Å²) in [5, 5.41) is 4.21. The van der Waals surface area contributed by atoms with Gasteiger partial charge in [-0.25, -0.2) is 0 Å². The average Bonchev–Trinajstić information content (AvgIpc) is 2.38. The zero-order valence-corrected chi connectivity index (χ0v) is 13.3. The monoisotopic (exact) mass is 338 g/mol. The van der Waals surface area contributed by atoms with E-state index in [2.05, 4.69) is 39.2 Å². The molecular weight excluding hydrogens is 324 g/mol. The second kappa shape index (κ2) is 6.51. The van der Waals surface area contributed by atoms with Crippen LogP contribution in [0.5, 0.6) is 0 Å². The van der Waals surface area contributed by atoms with Gasteiger partial charge in [-0.05, 0) is 42.8 Å². The largest absolute Gasteiger partial charge is 0.306 e. The summed E-state index contributed by atoms with van der Waals surface area (Å²) < 4.78 is 0.985. The van der Waals surface area contributed by atoms with Gasteiger partial charge in [-0.3, -0.25) is 4.98 Å². The molecule has 2 aromatic rings. The van der Waals surface area contributed by atoms with Crippen LogP contribution < -0.4 is 5.32 Å². The molecule has 0 aliphatic heterocycles. The second-order valence-electron chi connectivity index (χ2n) is 4.39. The lowest BCUT2D eigenvalue weighted by atomic mass is 10.00. The van der Waals surface area contributed by atoms with Crippen LogP contribution in [-0.2, 0) is 0 Å². The number of aromatic nitrogens is 1. The van der Waals surface area contributed by atoms with E-state index in [-0.39, 0.29) is 6.04 Å². The normalized spacial score (nSPS) is 12.4. The zero-order valence-electron chi connectivity index (χ0n) is 11.0. The van der Waals surface area contributed by atoms with E-state index in [1.165, 1.54) is 0 Å². The Morgan fingerprint density at radius 3 is 2.68 bits per heavy atom. The Morgan fingerprint density at radius 1 is 1.32 bits per heavy atom. The van der Waals surface area contributed by atoms with Crippen molar-refractivity contribution in [2.45, 2.75) is 19.9 Å². The summed E-state index contributed by atoms with van der Waals surface area (Å²) >= 11 is 9.78. The van der Waals surface area contributed by atoms with Crippen molar-refractivity contribution in [2.75, 3.05) is 6.54 Å². The second-order valence-corrected chi connectivity index (χ2v) is 5.71. The Morgan fingerprint density at radius 2 is 2.11 bits per heavy atom. The number of nitrogens with zero attached hydrogens (tertiary/aromatic N) is 1. The highest BCUT2D eigenvalue weighted by Crippen LogP contribution is 2.30. The fourth-order valence-electron chi connectivity index (χ4n) is 2.00. The van der Waals surface area contributed by atoms with Gasteiger partial charge in [0.25, 0.3) is 0 Å². The smallest absolute Gasteiger partial charge is 0.0606 e. The molecule has 0 amide bonds. The fraction of sp³-hybridized carbons (Fsp3) is 0.267. The molecule has 0 fully saturated rings. The topological polar surface area (TPSA) is 24.9 Å². The maximum absolute atomic E-state index is 6.35. The number of rotatable bonds is 4. The molecular formula is C15H16BrClN2. The predicted molar refractivity (Wildman–Crippen MR) is 83.6 cm³/mol. The van der Waals surface area contributed by atoms with E-state index in [1.54, 1.807) is 0 Å². The lowest BCUT2D eigenvalue weighted by molar-refractivity contribution is 0.628. The van der Waals surface area contributed by atoms with Crippen LogP contribution in [0.15, 0.2) is 41.0 Å². The molecule has 0 saturated heterocycles. The van der Waals surface area contributed by atoms with E-state index < -0.39 is 0 Å². The molecule has 1 aromatic heterocycles. The minimum absolute atomic E-state index is 0.0682. The number of hydrogen-bond acceptors (Lipinski definition) is 2. The highest BCUT2D eigenvalue weighted by molar-refractivity contribution is 9.10. The van der Waals surface area contributed by atoms with Crippen molar-refractivity contribution < 1.29 is 0 Å². The molecule has 1 atom stereocenters. The highest BCUT2D eigenvalue weighted by atomic mass is 79.9. The standard InChI is InChI=1S/C15H16BrClN2/c1-3-18-15(11-5-4-10(2)19-9-11)13-7-6-12(16)8-14(13)17/h4-9,15,18H,3H2,1-2H3. The van der Waals surface area contributed by atoms with Crippen molar-refractivity contribution in [3.8, 4) is 0 Å². The van der Waals surface area contributed by atoms with Crippen LogP contribution in [0.4, 0.5) is 0 Å². The highest BCUT2D eigenvalue weighted by Gasteiger charge is 2.16. The number of hydrogen-bond donors (Lipinski definition) is 1. The van der Waals surface area contributed by atoms with Gasteiger partial charge < -0.3 is 5.32 Å². The quantitative estimate of drug-likeness (QED) is 0.887. The molecule has 0 bridgehead atoms. The Bertz CT molecular complexity index is 555. The molecule has 0 radical (unpaired) electrons. The van der Waals surface area contributed by atoms with Gasteiger partial charge in [0.1, 0.15) is 0 Å². The zero-order chi connectivity index (χ0) is 13.8. The lowest BCUT2D eigenvalue weighted by Crippen LogP contribution is -2.22. The van der Waals surface area contributed by atoms with E-state index in [0.29, 0.717) is 0 Å². The molecule has 1 unspecified atom stereocenters. The van der Waals surface area contributed by atoms with Gasteiger partial charge in [0.05, 0.1) is 6.04 Å². The molecule has 1 N–H and O–H groups in total. The van der Waals surface area contributed by atoms with Gasteiger partial charge in [-0.2, -0.15) is 0 Å². The molecule has 1 heterocycles. The number of halogens is 2. The Kier molecular flexibility index (Phi) is 4.97. The van der Waals surface area contributed by atoms with Crippen molar-refractivity contribution in [2.24, 2.45) is 0 Å². The van der Waals surface area contributed by atoms with Gasteiger partial charge in [0, 0.05) is 21.4 Å². The SMILES string of the molecule is CCNC(c1ccc(C)nc1)c1ccc(Br)cc1Cl. The molecule has 19 heavy (non-hydrogen) atoms. The summed E-state index contributed by atoms with van der Waals surface area (Å²) in [6, 6.07) is 10.1. The van der Waals surface area contributed by atoms with Crippen LogP contribution in [0.1, 0.15) is 29.8 Å². The van der Waals surface area contributed by atoms with Crippen LogP contribution in [0.25, 0.3) is 0 Å². The van der Waals surface area contributed by atoms with Crippen molar-refractivity contribution in [3.05, 3.63) is 62.8 Å². The maximum atomic E-state index is 6.35. The summed E-state index contributed by atoms with van der Waals surface area (Å²) in [4.78, 5) is 4.36. The third-order valence-electron chi connectivity index (χ3n) is 2.95. The molecule has 0 saturated carbocycles. The van der Waals surface area contributed by atoms with Crippen LogP contribution in [-0.4, -0.2) is 11.5 Å². The molecule has 4 heteroatoms. The summed E-state index contributed by atoms with van der Waals surface area (Å²) in [5.74, 6) is 0. The van der Waals surface area contributed by atoms with Crippen LogP contribution in [0.2, 0.25) is 5.02 Å². The fourth-order valence-corrected chi connectivity index (χ4v) is 2.78. The summed E-state index contributed by atoms with van der Waals surface area (Å²) in [6.45, 7) is 4.94. The van der Waals surface area contributed by atoms with Gasteiger partial charge >= 0.3 is 0 Å². The predicted octanol–water partition coefficient (Wildman–Crippen LogP) is 4.50. The third kappa shape index (κ3) is 3.56. The first kappa shape index (κ1) is 14.5. The van der Waals surface area contributed by atoms with Gasteiger partial charge in [0.15, 0.2) is 0 Å². The van der Waals surface area contributed by atoms with E-state index in [0.717, 1.165) is 32.9 Å². The van der Waals surface area contributed by atoms with Crippen LogP contribution in [0, 0.1) is 6.92 Å².